The van der Waals surface area contributed by atoms with Crippen molar-refractivity contribution in [2.45, 2.75) is 20.1 Å². The van der Waals surface area contributed by atoms with Gasteiger partial charge >= 0.3 is 0 Å². The molecule has 74 valence electrons. The second-order valence-electron chi connectivity index (χ2n) is 2.49. The Balaban J connectivity index is 2.63. The molecule has 0 aliphatic heterocycles. The molecule has 1 rings (SSSR count). The Morgan fingerprint density at radius 2 is 2.08 bits per heavy atom. The first-order valence-corrected chi connectivity index (χ1v) is 4.31. The SMILES string of the molecule is CCOC(OCC)c1cc(N)n[nH]1. The molecule has 0 unspecified atom stereocenters. The molecule has 0 aromatic carbocycles. The number of aromatic nitrogens is 2. The van der Waals surface area contributed by atoms with E-state index in [-0.39, 0.29) is 6.29 Å². The molecule has 0 saturated carbocycles. The summed E-state index contributed by atoms with van der Waals surface area (Å²) in [6.07, 6.45) is -0.389. The van der Waals surface area contributed by atoms with Gasteiger partial charge in [0.25, 0.3) is 0 Å². The molecule has 0 atom stereocenters. The van der Waals surface area contributed by atoms with E-state index in [1.54, 1.807) is 6.07 Å². The van der Waals surface area contributed by atoms with Gasteiger partial charge in [0, 0.05) is 19.3 Å². The summed E-state index contributed by atoms with van der Waals surface area (Å²) >= 11 is 0. The van der Waals surface area contributed by atoms with E-state index in [9.17, 15) is 0 Å². The summed E-state index contributed by atoms with van der Waals surface area (Å²) in [4.78, 5) is 0. The summed E-state index contributed by atoms with van der Waals surface area (Å²) in [5.74, 6) is 0.444. The lowest BCUT2D eigenvalue weighted by atomic mass is 10.4. The van der Waals surface area contributed by atoms with E-state index < -0.39 is 0 Å². The number of nitrogens with zero attached hydrogens (tertiary/aromatic N) is 1. The Morgan fingerprint density at radius 1 is 1.46 bits per heavy atom. The van der Waals surface area contributed by atoms with Crippen molar-refractivity contribution in [1.29, 1.82) is 0 Å². The molecular formula is C8H15N3O2. The largest absolute Gasteiger partial charge is 0.382 e. The fourth-order valence-electron chi connectivity index (χ4n) is 1.00. The van der Waals surface area contributed by atoms with Gasteiger partial charge in [-0.25, -0.2) is 0 Å². The van der Waals surface area contributed by atoms with Gasteiger partial charge in [0.1, 0.15) is 5.82 Å². The van der Waals surface area contributed by atoms with Gasteiger partial charge in [0.05, 0.1) is 5.69 Å². The van der Waals surface area contributed by atoms with Crippen LogP contribution in [0.3, 0.4) is 0 Å². The topological polar surface area (TPSA) is 73.2 Å². The van der Waals surface area contributed by atoms with Crippen LogP contribution in [0.15, 0.2) is 6.07 Å². The first-order chi connectivity index (χ1) is 6.27. The average Bonchev–Trinajstić information content (AvgIpc) is 2.51. The summed E-state index contributed by atoms with van der Waals surface area (Å²) in [6.45, 7) is 4.99. The predicted octanol–water partition coefficient (Wildman–Crippen LogP) is 1.06. The van der Waals surface area contributed by atoms with E-state index in [1.165, 1.54) is 0 Å². The van der Waals surface area contributed by atoms with E-state index in [4.69, 9.17) is 15.2 Å². The highest BCUT2D eigenvalue weighted by molar-refractivity contribution is 5.28. The van der Waals surface area contributed by atoms with Crippen LogP contribution < -0.4 is 5.73 Å². The molecule has 0 aliphatic rings. The van der Waals surface area contributed by atoms with Crippen LogP contribution in [0.1, 0.15) is 25.8 Å². The van der Waals surface area contributed by atoms with Crippen LogP contribution in [0.5, 0.6) is 0 Å². The number of aromatic amines is 1. The summed E-state index contributed by atoms with van der Waals surface area (Å²) in [6, 6.07) is 1.70. The van der Waals surface area contributed by atoms with Crippen LogP contribution in [0.25, 0.3) is 0 Å². The van der Waals surface area contributed by atoms with Crippen LogP contribution in [0.4, 0.5) is 5.82 Å². The lowest BCUT2D eigenvalue weighted by Crippen LogP contribution is -2.09. The van der Waals surface area contributed by atoms with Gasteiger partial charge in [-0.05, 0) is 13.8 Å². The third-order valence-electron chi connectivity index (χ3n) is 1.51. The number of hydrogen-bond acceptors (Lipinski definition) is 4. The van der Waals surface area contributed by atoms with Crippen molar-refractivity contribution >= 4 is 5.82 Å². The molecule has 5 nitrogen and oxygen atoms in total. The first-order valence-electron chi connectivity index (χ1n) is 4.31. The minimum atomic E-state index is -0.389. The normalized spacial score (nSPS) is 11.0. The third kappa shape index (κ3) is 2.71. The maximum Gasteiger partial charge on any atom is 0.200 e. The van der Waals surface area contributed by atoms with E-state index in [0.29, 0.717) is 19.0 Å². The molecule has 1 aromatic rings. The Hall–Kier alpha value is -1.07. The second-order valence-corrected chi connectivity index (χ2v) is 2.49. The van der Waals surface area contributed by atoms with Gasteiger partial charge < -0.3 is 15.2 Å². The molecule has 5 heteroatoms. The molecule has 0 bridgehead atoms. The van der Waals surface area contributed by atoms with Crippen LogP contribution in [0.2, 0.25) is 0 Å². The summed E-state index contributed by atoms with van der Waals surface area (Å²) in [5, 5.41) is 6.54. The number of nitrogens with two attached hydrogens (primary N) is 1. The molecule has 0 spiro atoms. The van der Waals surface area contributed by atoms with Crippen molar-refractivity contribution in [2.24, 2.45) is 0 Å². The fourth-order valence-corrected chi connectivity index (χ4v) is 1.00. The number of nitrogens with one attached hydrogen (secondary N) is 1. The van der Waals surface area contributed by atoms with Crippen molar-refractivity contribution in [3.8, 4) is 0 Å². The highest BCUT2D eigenvalue weighted by Crippen LogP contribution is 2.17. The van der Waals surface area contributed by atoms with Crippen LogP contribution in [0, 0.1) is 0 Å². The van der Waals surface area contributed by atoms with E-state index in [2.05, 4.69) is 10.2 Å². The zero-order chi connectivity index (χ0) is 9.68. The number of H-pyrrole nitrogens is 1. The number of hydrogen-bond donors (Lipinski definition) is 2. The highest BCUT2D eigenvalue weighted by atomic mass is 16.7. The Kier molecular flexibility index (Phi) is 3.72. The predicted molar refractivity (Wildman–Crippen MR) is 49.0 cm³/mol. The van der Waals surface area contributed by atoms with Crippen molar-refractivity contribution in [2.75, 3.05) is 18.9 Å². The second kappa shape index (κ2) is 4.84. The van der Waals surface area contributed by atoms with E-state index in [1.807, 2.05) is 13.8 Å². The monoisotopic (exact) mass is 185 g/mol. The van der Waals surface area contributed by atoms with Gasteiger partial charge in [0.15, 0.2) is 0 Å². The first kappa shape index (κ1) is 10.0. The molecule has 0 fully saturated rings. The van der Waals surface area contributed by atoms with Gasteiger partial charge in [-0.2, -0.15) is 5.10 Å². The standard InChI is InChI=1S/C8H15N3O2/c1-3-12-8(13-4-2)6-5-7(9)11-10-6/h5,8H,3-4H2,1-2H3,(H3,9,10,11). The van der Waals surface area contributed by atoms with Gasteiger partial charge in [-0.1, -0.05) is 0 Å². The van der Waals surface area contributed by atoms with Crippen molar-refractivity contribution < 1.29 is 9.47 Å². The lowest BCUT2D eigenvalue weighted by Gasteiger charge is -2.14. The molecule has 1 heterocycles. The van der Waals surface area contributed by atoms with Gasteiger partial charge in [-0.15, -0.1) is 0 Å². The van der Waals surface area contributed by atoms with Crippen LogP contribution >= 0.6 is 0 Å². The molecule has 1 aromatic heterocycles. The number of ether oxygens (including phenoxy) is 2. The summed E-state index contributed by atoms with van der Waals surface area (Å²) < 4.78 is 10.7. The van der Waals surface area contributed by atoms with Gasteiger partial charge in [0.2, 0.25) is 6.29 Å². The zero-order valence-electron chi connectivity index (χ0n) is 7.91. The number of rotatable bonds is 5. The molecule has 0 saturated heterocycles. The third-order valence-corrected chi connectivity index (χ3v) is 1.51. The van der Waals surface area contributed by atoms with E-state index in [0.717, 1.165) is 5.69 Å². The van der Waals surface area contributed by atoms with Crippen LogP contribution in [-0.2, 0) is 9.47 Å². The average molecular weight is 185 g/mol. The van der Waals surface area contributed by atoms with Crippen molar-refractivity contribution in [3.05, 3.63) is 11.8 Å². The summed E-state index contributed by atoms with van der Waals surface area (Å²) in [5.41, 5.74) is 6.21. The quantitative estimate of drug-likeness (QED) is 0.673. The smallest absolute Gasteiger partial charge is 0.200 e. The Morgan fingerprint density at radius 3 is 2.46 bits per heavy atom. The summed E-state index contributed by atoms with van der Waals surface area (Å²) in [7, 11) is 0. The van der Waals surface area contributed by atoms with Crippen molar-refractivity contribution in [1.82, 2.24) is 10.2 Å². The van der Waals surface area contributed by atoms with E-state index >= 15 is 0 Å². The number of nitrogen functional groups attached to an aromatic ring is 1. The van der Waals surface area contributed by atoms with Crippen molar-refractivity contribution in [3.63, 3.8) is 0 Å². The highest BCUT2D eigenvalue weighted by Gasteiger charge is 2.13. The maximum absolute atomic E-state index is 5.46. The molecular weight excluding hydrogens is 170 g/mol. The lowest BCUT2D eigenvalue weighted by molar-refractivity contribution is -0.142. The van der Waals surface area contributed by atoms with Crippen LogP contribution in [-0.4, -0.2) is 23.4 Å². The molecule has 3 N–H and O–H groups in total. The van der Waals surface area contributed by atoms with Gasteiger partial charge in [-0.3, -0.25) is 5.10 Å². The Labute approximate surface area is 77.2 Å². The maximum atomic E-state index is 5.46. The molecule has 0 amide bonds. The molecule has 0 aliphatic carbocycles. The zero-order valence-corrected chi connectivity index (χ0v) is 7.91. The fraction of sp³-hybridized carbons (Fsp3) is 0.625. The Bertz CT molecular complexity index is 243. The molecule has 13 heavy (non-hydrogen) atoms. The number of anilines is 1. The minimum Gasteiger partial charge on any atom is -0.382 e. The molecule has 0 radical (unpaired) electrons. The minimum absolute atomic E-state index is 0.389.